The van der Waals surface area contributed by atoms with Crippen LogP contribution in [0.5, 0.6) is 0 Å². The maximum absolute atomic E-state index is 6.43. The molecule has 0 saturated carbocycles. The molecule has 0 amide bonds. The van der Waals surface area contributed by atoms with Gasteiger partial charge in [-0.2, -0.15) is 0 Å². The Labute approximate surface area is 313 Å². The topological polar surface area (TPSA) is 48.3 Å². The average molecular weight is 701 g/mol. The Hall–Kier alpha value is -7.50. The highest BCUT2D eigenvalue weighted by Gasteiger charge is 2.22. The number of fused-ring (bicyclic) bond motifs is 12. The van der Waals surface area contributed by atoms with Crippen molar-refractivity contribution in [2.24, 2.45) is 0 Å². The summed E-state index contributed by atoms with van der Waals surface area (Å²) in [6, 6.07) is 61.0. The van der Waals surface area contributed by atoms with E-state index in [1.165, 1.54) is 75.9 Å². The predicted octanol–water partition coefficient (Wildman–Crippen LogP) is 13.1. The second-order valence-electron chi connectivity index (χ2n) is 14.6. The molecular formula is C50H28N4O. The molecule has 254 valence electrons. The fourth-order valence-corrected chi connectivity index (χ4v) is 9.52. The minimum absolute atomic E-state index is 0.492. The molecule has 13 rings (SSSR count). The molecule has 0 unspecified atom stereocenters. The highest BCUT2D eigenvalue weighted by atomic mass is 16.4. The van der Waals surface area contributed by atoms with E-state index in [-0.39, 0.29) is 0 Å². The van der Waals surface area contributed by atoms with Crippen molar-refractivity contribution < 1.29 is 4.42 Å². The summed E-state index contributed by atoms with van der Waals surface area (Å²) in [5, 5.41) is 23.9. The molecule has 0 aliphatic heterocycles. The van der Waals surface area contributed by atoms with Crippen molar-refractivity contribution in [2.75, 3.05) is 0 Å². The first-order chi connectivity index (χ1) is 27.3. The van der Waals surface area contributed by atoms with Crippen molar-refractivity contribution >= 4 is 92.2 Å². The van der Waals surface area contributed by atoms with Gasteiger partial charge in [-0.25, -0.2) is 0 Å². The SMILES string of the molecule is c1ccc2c(c1)cc(-c1nnc(-c3ccc(-n4c5ccccc5c5c6cccc7c8cccc9c%10ccccc%10n(c(cc54)c76)c89)cc3)o1)c1ccccc12. The van der Waals surface area contributed by atoms with Gasteiger partial charge in [0, 0.05) is 49.1 Å². The maximum atomic E-state index is 6.43. The third-order valence-electron chi connectivity index (χ3n) is 11.8. The number of benzene rings is 9. The molecule has 5 heteroatoms. The first kappa shape index (κ1) is 29.0. The molecule has 0 N–H and O–H groups in total. The fourth-order valence-electron chi connectivity index (χ4n) is 9.52. The number of hydrogen-bond acceptors (Lipinski definition) is 3. The lowest BCUT2D eigenvalue weighted by Gasteiger charge is -2.15. The number of para-hydroxylation sites is 3. The second kappa shape index (κ2) is 10.6. The second-order valence-corrected chi connectivity index (χ2v) is 14.6. The number of rotatable bonds is 3. The van der Waals surface area contributed by atoms with Gasteiger partial charge in [0.2, 0.25) is 11.8 Å². The van der Waals surface area contributed by atoms with E-state index in [9.17, 15) is 0 Å². The molecule has 4 heterocycles. The van der Waals surface area contributed by atoms with E-state index in [0.29, 0.717) is 11.8 Å². The summed E-state index contributed by atoms with van der Waals surface area (Å²) >= 11 is 0. The van der Waals surface area contributed by atoms with Crippen LogP contribution in [0.3, 0.4) is 0 Å². The zero-order valence-electron chi connectivity index (χ0n) is 29.4. The Morgan fingerprint density at radius 3 is 1.82 bits per heavy atom. The Bertz CT molecular complexity index is 3720. The van der Waals surface area contributed by atoms with E-state index in [1.54, 1.807) is 0 Å². The molecule has 0 saturated heterocycles. The van der Waals surface area contributed by atoms with Crippen LogP contribution in [-0.4, -0.2) is 19.2 Å². The largest absolute Gasteiger partial charge is 0.416 e. The van der Waals surface area contributed by atoms with Crippen molar-refractivity contribution in [1.82, 2.24) is 19.2 Å². The molecule has 0 aliphatic rings. The summed E-state index contributed by atoms with van der Waals surface area (Å²) < 4.78 is 11.3. The van der Waals surface area contributed by atoms with Gasteiger partial charge >= 0.3 is 0 Å². The van der Waals surface area contributed by atoms with Crippen LogP contribution >= 0.6 is 0 Å². The molecule has 55 heavy (non-hydrogen) atoms. The first-order valence-electron chi connectivity index (χ1n) is 18.7. The molecule has 5 nitrogen and oxygen atoms in total. The minimum atomic E-state index is 0.492. The summed E-state index contributed by atoms with van der Waals surface area (Å²) in [6.07, 6.45) is 0. The molecule has 9 aromatic carbocycles. The minimum Gasteiger partial charge on any atom is -0.416 e. The standard InChI is InChI=1S/C50H28N4O/c1-2-12-32-30(11-1)27-41(34-14-4-3-13-33(32)34)50-52-51-49(55-50)29-23-25-31(26-24-29)53-43-22-8-6-16-39(43)47-40-20-9-17-36-38-19-10-18-37-35-15-5-7-21-42(35)54(48(37)38)45(46(36)40)28-44(47)53/h1-28H. The average Bonchev–Trinajstić information content (AvgIpc) is 3.96. The van der Waals surface area contributed by atoms with E-state index in [0.717, 1.165) is 33.1 Å². The molecule has 0 radical (unpaired) electrons. The Morgan fingerprint density at radius 2 is 0.982 bits per heavy atom. The summed E-state index contributed by atoms with van der Waals surface area (Å²) in [7, 11) is 0. The fraction of sp³-hybridized carbons (Fsp3) is 0. The van der Waals surface area contributed by atoms with Gasteiger partial charge in [0.25, 0.3) is 0 Å². The molecule has 13 aromatic rings. The monoisotopic (exact) mass is 700 g/mol. The van der Waals surface area contributed by atoms with E-state index in [4.69, 9.17) is 4.42 Å². The maximum Gasteiger partial charge on any atom is 0.248 e. The summed E-state index contributed by atoms with van der Waals surface area (Å²) in [5.41, 5.74) is 8.91. The van der Waals surface area contributed by atoms with Crippen LogP contribution in [-0.2, 0) is 0 Å². The molecular weight excluding hydrogens is 673 g/mol. The zero-order chi connectivity index (χ0) is 35.8. The normalized spacial score (nSPS) is 12.4. The van der Waals surface area contributed by atoms with Crippen molar-refractivity contribution in [3.63, 3.8) is 0 Å². The van der Waals surface area contributed by atoms with Gasteiger partial charge in [-0.1, -0.05) is 121 Å². The molecule has 0 fully saturated rings. The number of nitrogens with zero attached hydrogens (tertiary/aromatic N) is 4. The molecule has 0 aliphatic carbocycles. The Morgan fingerprint density at radius 1 is 0.382 bits per heavy atom. The predicted molar refractivity (Wildman–Crippen MR) is 227 cm³/mol. The van der Waals surface area contributed by atoms with Gasteiger partial charge < -0.3 is 13.4 Å². The van der Waals surface area contributed by atoms with Gasteiger partial charge in [-0.05, 0) is 80.8 Å². The van der Waals surface area contributed by atoms with Crippen LogP contribution in [0.25, 0.3) is 121 Å². The summed E-state index contributed by atoms with van der Waals surface area (Å²) in [6.45, 7) is 0. The van der Waals surface area contributed by atoms with Gasteiger partial charge in [0.05, 0.1) is 27.6 Å². The summed E-state index contributed by atoms with van der Waals surface area (Å²) in [5.74, 6) is 1.00. The smallest absolute Gasteiger partial charge is 0.248 e. The van der Waals surface area contributed by atoms with Crippen LogP contribution in [0.15, 0.2) is 174 Å². The Kier molecular flexibility index (Phi) is 5.57. The van der Waals surface area contributed by atoms with E-state index < -0.39 is 0 Å². The highest BCUT2D eigenvalue weighted by Crippen LogP contribution is 2.45. The first-order valence-corrected chi connectivity index (χ1v) is 18.7. The van der Waals surface area contributed by atoms with Gasteiger partial charge in [-0.3, -0.25) is 0 Å². The number of hydrogen-bond donors (Lipinski definition) is 0. The Balaban J connectivity index is 1.02. The zero-order valence-corrected chi connectivity index (χ0v) is 29.4. The molecule has 0 bridgehead atoms. The molecule has 4 aromatic heterocycles. The lowest BCUT2D eigenvalue weighted by molar-refractivity contribution is 0.585. The van der Waals surface area contributed by atoms with E-state index in [2.05, 4.69) is 189 Å². The van der Waals surface area contributed by atoms with E-state index in [1.807, 2.05) is 0 Å². The third kappa shape index (κ3) is 3.81. The van der Waals surface area contributed by atoms with Crippen molar-refractivity contribution in [1.29, 1.82) is 0 Å². The quantitative estimate of drug-likeness (QED) is 0.136. The lowest BCUT2D eigenvalue weighted by atomic mass is 9.96. The van der Waals surface area contributed by atoms with Crippen molar-refractivity contribution in [3.8, 4) is 28.6 Å². The van der Waals surface area contributed by atoms with Crippen LogP contribution in [0.1, 0.15) is 0 Å². The van der Waals surface area contributed by atoms with Crippen molar-refractivity contribution in [3.05, 3.63) is 170 Å². The van der Waals surface area contributed by atoms with Crippen LogP contribution in [0.4, 0.5) is 0 Å². The highest BCUT2D eigenvalue weighted by molar-refractivity contribution is 6.33. The third-order valence-corrected chi connectivity index (χ3v) is 11.8. The number of aromatic nitrogens is 4. The van der Waals surface area contributed by atoms with Crippen LogP contribution in [0, 0.1) is 0 Å². The summed E-state index contributed by atoms with van der Waals surface area (Å²) in [4.78, 5) is 0. The van der Waals surface area contributed by atoms with Crippen LogP contribution < -0.4 is 0 Å². The van der Waals surface area contributed by atoms with Gasteiger partial charge in [0.1, 0.15) is 0 Å². The molecule has 0 atom stereocenters. The molecule has 0 spiro atoms. The van der Waals surface area contributed by atoms with Crippen molar-refractivity contribution in [2.45, 2.75) is 0 Å². The number of pyridine rings is 1. The van der Waals surface area contributed by atoms with E-state index >= 15 is 0 Å². The van der Waals surface area contributed by atoms with Crippen LogP contribution in [0.2, 0.25) is 0 Å². The van der Waals surface area contributed by atoms with Gasteiger partial charge in [-0.15, -0.1) is 10.2 Å². The lowest BCUT2D eigenvalue weighted by Crippen LogP contribution is -1.96. The van der Waals surface area contributed by atoms with Gasteiger partial charge in [0.15, 0.2) is 0 Å².